The Balaban J connectivity index is 1.62. The highest BCUT2D eigenvalue weighted by Crippen LogP contribution is 2.28. The minimum atomic E-state index is -0.274. The molecule has 0 aromatic heterocycles. The van der Waals surface area contributed by atoms with Crippen LogP contribution in [-0.2, 0) is 0 Å². The molecule has 1 amide bonds. The van der Waals surface area contributed by atoms with Gasteiger partial charge in [-0.15, -0.1) is 0 Å². The summed E-state index contributed by atoms with van der Waals surface area (Å²) in [6.45, 7) is 1.16. The molecule has 3 rings (SSSR count). The second-order valence-corrected chi connectivity index (χ2v) is 7.15. The summed E-state index contributed by atoms with van der Waals surface area (Å²) in [5.74, 6) is 0.463. The van der Waals surface area contributed by atoms with Crippen LogP contribution in [-0.4, -0.2) is 44.1 Å². The number of carbonyl (C=O) groups excluding carboxylic acids is 1. The van der Waals surface area contributed by atoms with E-state index in [2.05, 4.69) is 0 Å². The van der Waals surface area contributed by atoms with Crippen molar-refractivity contribution in [1.82, 2.24) is 4.90 Å². The fourth-order valence-electron chi connectivity index (χ4n) is 3.30. The van der Waals surface area contributed by atoms with Gasteiger partial charge in [0.15, 0.2) is 0 Å². The number of halogens is 1. The average molecular weight is 370 g/mol. The van der Waals surface area contributed by atoms with Crippen LogP contribution < -0.4 is 9.64 Å². The Hall–Kier alpha value is -2.56. The lowest BCUT2D eigenvalue weighted by Gasteiger charge is -2.38. The Morgan fingerprint density at radius 3 is 2.44 bits per heavy atom. The number of nitrogens with zero attached hydrogens (tertiary/aromatic N) is 2. The predicted octanol–water partition coefficient (Wildman–Crippen LogP) is 4.36. The van der Waals surface area contributed by atoms with E-state index in [1.165, 1.54) is 18.6 Å². The molecule has 0 spiro atoms. The molecule has 0 unspecified atom stereocenters. The second kappa shape index (κ2) is 8.89. The van der Waals surface area contributed by atoms with E-state index < -0.39 is 0 Å². The lowest BCUT2D eigenvalue weighted by atomic mass is 9.90. The Morgan fingerprint density at radius 2 is 1.81 bits per heavy atom. The maximum absolute atomic E-state index is 13.2. The molecule has 1 aliphatic carbocycles. The van der Waals surface area contributed by atoms with Crippen molar-refractivity contribution < 1.29 is 13.9 Å². The number of amides is 1. The van der Waals surface area contributed by atoms with Crippen molar-refractivity contribution in [2.24, 2.45) is 0 Å². The summed E-state index contributed by atoms with van der Waals surface area (Å²) < 4.78 is 18.6. The number of benzene rings is 2. The molecule has 2 aromatic carbocycles. The maximum Gasteiger partial charge on any atom is 0.256 e. The Kier molecular flexibility index (Phi) is 6.32. The van der Waals surface area contributed by atoms with Gasteiger partial charge in [-0.2, -0.15) is 0 Å². The van der Waals surface area contributed by atoms with Gasteiger partial charge in [0, 0.05) is 32.4 Å². The second-order valence-electron chi connectivity index (χ2n) is 7.15. The number of anilines is 1. The molecular weight excluding hydrogens is 343 g/mol. The molecule has 5 heteroatoms. The van der Waals surface area contributed by atoms with Crippen LogP contribution in [0, 0.1) is 5.82 Å². The molecule has 1 saturated carbocycles. The van der Waals surface area contributed by atoms with E-state index in [9.17, 15) is 9.18 Å². The molecular formula is C22H27FN2O2. The quantitative estimate of drug-likeness (QED) is 0.648. The van der Waals surface area contributed by atoms with E-state index in [-0.39, 0.29) is 11.7 Å². The highest BCUT2D eigenvalue weighted by molar-refractivity contribution is 6.00. The van der Waals surface area contributed by atoms with E-state index in [4.69, 9.17) is 4.74 Å². The van der Waals surface area contributed by atoms with Gasteiger partial charge in [0.25, 0.3) is 5.91 Å². The van der Waals surface area contributed by atoms with Gasteiger partial charge in [0.1, 0.15) is 11.6 Å². The summed E-state index contributed by atoms with van der Waals surface area (Å²) >= 11 is 0. The minimum absolute atomic E-state index is 0.0887. The Morgan fingerprint density at radius 1 is 1.11 bits per heavy atom. The summed E-state index contributed by atoms with van der Waals surface area (Å²) in [5, 5.41) is 0. The van der Waals surface area contributed by atoms with Gasteiger partial charge >= 0.3 is 0 Å². The largest absolute Gasteiger partial charge is 0.494 e. The van der Waals surface area contributed by atoms with E-state index in [0.29, 0.717) is 24.9 Å². The Bertz CT molecular complexity index is 757. The molecule has 0 saturated heterocycles. The maximum atomic E-state index is 13.2. The van der Waals surface area contributed by atoms with Gasteiger partial charge in [-0.1, -0.05) is 12.1 Å². The molecule has 0 bridgehead atoms. The summed E-state index contributed by atoms with van der Waals surface area (Å²) in [5.41, 5.74) is 1.68. The van der Waals surface area contributed by atoms with Crippen LogP contribution in [0.3, 0.4) is 0 Å². The van der Waals surface area contributed by atoms with Crippen LogP contribution in [0.2, 0.25) is 0 Å². The summed E-state index contributed by atoms with van der Waals surface area (Å²) in [6.07, 6.45) is 4.04. The van der Waals surface area contributed by atoms with Crippen molar-refractivity contribution in [1.29, 1.82) is 0 Å². The fourth-order valence-corrected chi connectivity index (χ4v) is 3.30. The highest BCUT2D eigenvalue weighted by Gasteiger charge is 2.30. The van der Waals surface area contributed by atoms with Crippen molar-refractivity contribution in [3.8, 4) is 5.75 Å². The SMILES string of the molecule is CN(C)c1ccccc1C(=O)N(CCCOc1ccc(F)cc1)C1CCC1. The number of carbonyl (C=O) groups is 1. The van der Waals surface area contributed by atoms with Gasteiger partial charge in [0.2, 0.25) is 0 Å². The number of para-hydroxylation sites is 1. The van der Waals surface area contributed by atoms with Crippen LogP contribution in [0.25, 0.3) is 0 Å². The van der Waals surface area contributed by atoms with Gasteiger partial charge in [-0.05, 0) is 62.1 Å². The lowest BCUT2D eigenvalue weighted by molar-refractivity contribution is 0.0566. The molecule has 0 aliphatic heterocycles. The molecule has 1 fully saturated rings. The number of hydrogen-bond donors (Lipinski definition) is 0. The van der Waals surface area contributed by atoms with Crippen LogP contribution in [0.1, 0.15) is 36.0 Å². The first-order valence-corrected chi connectivity index (χ1v) is 9.52. The third-order valence-corrected chi connectivity index (χ3v) is 5.02. The fraction of sp³-hybridized carbons (Fsp3) is 0.409. The molecule has 0 heterocycles. The number of hydrogen-bond acceptors (Lipinski definition) is 3. The highest BCUT2D eigenvalue weighted by atomic mass is 19.1. The molecule has 0 radical (unpaired) electrons. The van der Waals surface area contributed by atoms with Gasteiger partial charge in [-0.25, -0.2) is 4.39 Å². The summed E-state index contributed by atoms with van der Waals surface area (Å²) in [4.78, 5) is 17.2. The Labute approximate surface area is 160 Å². The van der Waals surface area contributed by atoms with Gasteiger partial charge < -0.3 is 14.5 Å². The van der Waals surface area contributed by atoms with Crippen molar-refractivity contribution in [3.05, 3.63) is 59.9 Å². The van der Waals surface area contributed by atoms with Crippen LogP contribution in [0.15, 0.2) is 48.5 Å². The molecule has 1 aliphatic rings. The predicted molar refractivity (Wildman–Crippen MR) is 106 cm³/mol. The standard InChI is InChI=1S/C22H27FN2O2/c1-24(2)21-10-4-3-9-20(21)22(26)25(18-7-5-8-18)15-6-16-27-19-13-11-17(23)12-14-19/h3-4,9-14,18H,5-8,15-16H2,1-2H3. The first kappa shape index (κ1) is 19.2. The molecule has 144 valence electrons. The third-order valence-electron chi connectivity index (χ3n) is 5.02. The molecule has 2 aromatic rings. The monoisotopic (exact) mass is 370 g/mol. The molecule has 0 N–H and O–H groups in total. The minimum Gasteiger partial charge on any atom is -0.494 e. The summed E-state index contributed by atoms with van der Waals surface area (Å²) in [6, 6.07) is 14.1. The van der Waals surface area contributed by atoms with Crippen molar-refractivity contribution in [2.75, 3.05) is 32.1 Å². The van der Waals surface area contributed by atoms with E-state index >= 15 is 0 Å². The van der Waals surface area contributed by atoms with Crippen LogP contribution >= 0.6 is 0 Å². The van der Waals surface area contributed by atoms with E-state index in [0.717, 1.165) is 30.5 Å². The topological polar surface area (TPSA) is 32.8 Å². The first-order valence-electron chi connectivity index (χ1n) is 9.52. The van der Waals surface area contributed by atoms with Gasteiger partial charge in [0.05, 0.1) is 12.2 Å². The normalized spacial score (nSPS) is 13.7. The van der Waals surface area contributed by atoms with E-state index in [1.54, 1.807) is 12.1 Å². The third kappa shape index (κ3) is 4.79. The molecule has 0 atom stereocenters. The summed E-state index contributed by atoms with van der Waals surface area (Å²) in [7, 11) is 3.91. The van der Waals surface area contributed by atoms with Crippen LogP contribution in [0.4, 0.5) is 10.1 Å². The molecule has 27 heavy (non-hydrogen) atoms. The average Bonchev–Trinajstić information content (AvgIpc) is 2.63. The van der Waals surface area contributed by atoms with Crippen molar-refractivity contribution in [3.63, 3.8) is 0 Å². The lowest BCUT2D eigenvalue weighted by Crippen LogP contribution is -2.45. The van der Waals surface area contributed by atoms with E-state index in [1.807, 2.05) is 48.2 Å². The molecule has 4 nitrogen and oxygen atoms in total. The number of ether oxygens (including phenoxy) is 1. The zero-order valence-corrected chi connectivity index (χ0v) is 16.0. The number of rotatable bonds is 8. The smallest absolute Gasteiger partial charge is 0.256 e. The van der Waals surface area contributed by atoms with Gasteiger partial charge in [-0.3, -0.25) is 4.79 Å². The van der Waals surface area contributed by atoms with Crippen LogP contribution in [0.5, 0.6) is 5.75 Å². The zero-order valence-electron chi connectivity index (χ0n) is 16.0. The van der Waals surface area contributed by atoms with Crippen molar-refractivity contribution >= 4 is 11.6 Å². The van der Waals surface area contributed by atoms with Crippen molar-refractivity contribution in [2.45, 2.75) is 31.7 Å². The zero-order chi connectivity index (χ0) is 19.2. The first-order chi connectivity index (χ1) is 13.1.